The van der Waals surface area contributed by atoms with Gasteiger partial charge in [0, 0.05) is 13.1 Å². The van der Waals surface area contributed by atoms with Crippen molar-refractivity contribution >= 4 is 17.9 Å². The molecule has 114 valence electrons. The van der Waals surface area contributed by atoms with E-state index in [1.165, 1.54) is 0 Å². The second kappa shape index (κ2) is 7.84. The summed E-state index contributed by atoms with van der Waals surface area (Å²) in [7, 11) is 1.67. The minimum absolute atomic E-state index is 0.152. The van der Waals surface area contributed by atoms with Gasteiger partial charge in [-0.25, -0.2) is 9.59 Å². The van der Waals surface area contributed by atoms with E-state index in [1.54, 1.807) is 11.9 Å². The molecule has 1 saturated carbocycles. The molecule has 0 unspecified atom stereocenters. The lowest BCUT2D eigenvalue weighted by Crippen LogP contribution is -2.47. The molecule has 2 N–H and O–H groups in total. The minimum atomic E-state index is -1.16. The van der Waals surface area contributed by atoms with Crippen LogP contribution >= 0.6 is 0 Å². The number of imide groups is 1. The first-order chi connectivity index (χ1) is 9.40. The van der Waals surface area contributed by atoms with E-state index in [0.717, 1.165) is 25.7 Å². The maximum Gasteiger partial charge on any atom is 0.329 e. The van der Waals surface area contributed by atoms with E-state index in [-0.39, 0.29) is 6.04 Å². The smallest absolute Gasteiger partial charge is 0.329 e. The molecule has 7 heteroatoms. The Balaban J connectivity index is 2.30. The number of nitrogens with one attached hydrogen (secondary N) is 1. The van der Waals surface area contributed by atoms with Crippen molar-refractivity contribution in [2.24, 2.45) is 5.92 Å². The van der Waals surface area contributed by atoms with Gasteiger partial charge < -0.3 is 14.7 Å². The predicted octanol–water partition coefficient (Wildman–Crippen LogP) is 0.834. The molecule has 0 bridgehead atoms. The third-order valence-corrected chi connectivity index (χ3v) is 3.56. The summed E-state index contributed by atoms with van der Waals surface area (Å²) in [6, 6.07) is -0.313. The number of carboxylic acid groups (broad SMARTS) is 1. The number of aliphatic carboxylic acids is 1. The summed E-state index contributed by atoms with van der Waals surface area (Å²) in [6.45, 7) is 1.20. The van der Waals surface area contributed by atoms with Gasteiger partial charge in [-0.3, -0.25) is 10.1 Å². The first kappa shape index (κ1) is 16.4. The van der Waals surface area contributed by atoms with Crippen molar-refractivity contribution in [1.29, 1.82) is 0 Å². The summed E-state index contributed by atoms with van der Waals surface area (Å²) >= 11 is 0. The monoisotopic (exact) mass is 286 g/mol. The number of ether oxygens (including phenoxy) is 1. The summed E-state index contributed by atoms with van der Waals surface area (Å²) in [5.74, 6) is -1.10. The number of carbonyl (C=O) groups is 3. The zero-order valence-corrected chi connectivity index (χ0v) is 11.9. The van der Waals surface area contributed by atoms with E-state index in [9.17, 15) is 14.4 Å². The van der Waals surface area contributed by atoms with E-state index in [0.29, 0.717) is 5.92 Å². The summed E-state index contributed by atoms with van der Waals surface area (Å²) in [5, 5.41) is 10.5. The Labute approximate surface area is 118 Å². The Bertz CT molecular complexity index is 364. The Morgan fingerprint density at radius 1 is 1.20 bits per heavy atom. The van der Waals surface area contributed by atoms with E-state index in [2.05, 4.69) is 17.0 Å². The van der Waals surface area contributed by atoms with Crippen molar-refractivity contribution in [2.45, 2.75) is 38.6 Å². The molecule has 1 fully saturated rings. The maximum absolute atomic E-state index is 11.9. The summed E-state index contributed by atoms with van der Waals surface area (Å²) in [6.07, 6.45) is 4.04. The quantitative estimate of drug-likeness (QED) is 0.780. The van der Waals surface area contributed by atoms with Crippen molar-refractivity contribution in [3.8, 4) is 0 Å². The average molecular weight is 286 g/mol. The van der Waals surface area contributed by atoms with E-state index in [4.69, 9.17) is 5.11 Å². The number of amides is 3. The molecule has 0 heterocycles. The number of carboxylic acids is 1. The number of hydrogen-bond acceptors (Lipinski definition) is 4. The molecule has 3 amide bonds. The van der Waals surface area contributed by atoms with Gasteiger partial charge in [-0.05, 0) is 31.6 Å². The highest BCUT2D eigenvalue weighted by molar-refractivity contribution is 5.95. The first-order valence-electron chi connectivity index (χ1n) is 6.76. The second-order valence-corrected chi connectivity index (χ2v) is 5.26. The van der Waals surface area contributed by atoms with E-state index >= 15 is 0 Å². The highest BCUT2D eigenvalue weighted by Gasteiger charge is 2.25. The standard InChI is InChI=1S/C13H22N2O5/c1-9-3-5-10(6-4-9)15(2)13(19)14-11(16)7-20-8-12(17)18/h9-10H,3-8H2,1-2H3,(H,17,18)(H,14,16,19). The summed E-state index contributed by atoms with van der Waals surface area (Å²) in [4.78, 5) is 35.0. The molecule has 0 aromatic carbocycles. The van der Waals surface area contributed by atoms with Crippen LogP contribution in [0.25, 0.3) is 0 Å². The Kier molecular flexibility index (Phi) is 6.44. The molecule has 7 nitrogen and oxygen atoms in total. The van der Waals surface area contributed by atoms with Gasteiger partial charge in [0.25, 0.3) is 5.91 Å². The van der Waals surface area contributed by atoms with E-state index < -0.39 is 31.1 Å². The van der Waals surface area contributed by atoms with Gasteiger partial charge in [-0.15, -0.1) is 0 Å². The number of hydrogen-bond donors (Lipinski definition) is 2. The third kappa shape index (κ3) is 5.56. The van der Waals surface area contributed by atoms with Crippen LogP contribution in [0.15, 0.2) is 0 Å². The Morgan fingerprint density at radius 3 is 2.35 bits per heavy atom. The number of rotatable bonds is 5. The lowest BCUT2D eigenvalue weighted by Gasteiger charge is -2.33. The topological polar surface area (TPSA) is 95.9 Å². The van der Waals surface area contributed by atoms with Crippen LogP contribution in [0.1, 0.15) is 32.6 Å². The Hall–Kier alpha value is -1.63. The van der Waals surface area contributed by atoms with Crippen molar-refractivity contribution in [1.82, 2.24) is 10.2 Å². The molecule has 1 aliphatic carbocycles. The zero-order valence-electron chi connectivity index (χ0n) is 11.9. The van der Waals surface area contributed by atoms with Crippen molar-refractivity contribution in [3.05, 3.63) is 0 Å². The molecule has 1 rings (SSSR count). The van der Waals surface area contributed by atoms with Gasteiger partial charge in [0.2, 0.25) is 0 Å². The fourth-order valence-corrected chi connectivity index (χ4v) is 2.27. The van der Waals surface area contributed by atoms with Gasteiger partial charge in [0.1, 0.15) is 13.2 Å². The fraction of sp³-hybridized carbons (Fsp3) is 0.769. The van der Waals surface area contributed by atoms with Crippen molar-refractivity contribution in [3.63, 3.8) is 0 Å². The molecule has 0 radical (unpaired) electrons. The maximum atomic E-state index is 11.9. The van der Waals surface area contributed by atoms with Crippen LogP contribution < -0.4 is 5.32 Å². The van der Waals surface area contributed by atoms with Gasteiger partial charge in [0.05, 0.1) is 0 Å². The molecule has 0 saturated heterocycles. The van der Waals surface area contributed by atoms with Gasteiger partial charge in [-0.1, -0.05) is 6.92 Å². The highest BCUT2D eigenvalue weighted by Crippen LogP contribution is 2.26. The molecule has 20 heavy (non-hydrogen) atoms. The molecule has 0 aliphatic heterocycles. The van der Waals surface area contributed by atoms with Crippen LogP contribution in [0, 0.1) is 5.92 Å². The van der Waals surface area contributed by atoms with Crippen LogP contribution in [-0.2, 0) is 14.3 Å². The minimum Gasteiger partial charge on any atom is -0.480 e. The molecular formula is C13H22N2O5. The molecule has 0 atom stereocenters. The van der Waals surface area contributed by atoms with E-state index in [1.807, 2.05) is 0 Å². The van der Waals surface area contributed by atoms with Crippen LogP contribution in [-0.4, -0.2) is 54.2 Å². The van der Waals surface area contributed by atoms with Crippen molar-refractivity contribution in [2.75, 3.05) is 20.3 Å². The third-order valence-electron chi connectivity index (χ3n) is 3.56. The van der Waals surface area contributed by atoms with Crippen LogP contribution in [0.4, 0.5) is 4.79 Å². The zero-order chi connectivity index (χ0) is 15.1. The van der Waals surface area contributed by atoms with Crippen LogP contribution in [0.2, 0.25) is 0 Å². The van der Waals surface area contributed by atoms with Crippen LogP contribution in [0.5, 0.6) is 0 Å². The molecule has 0 aromatic rings. The normalized spacial score (nSPS) is 22.1. The number of carbonyl (C=O) groups excluding carboxylic acids is 2. The molecule has 0 aromatic heterocycles. The number of nitrogens with zero attached hydrogens (tertiary/aromatic N) is 1. The molecule has 0 spiro atoms. The fourth-order valence-electron chi connectivity index (χ4n) is 2.27. The molecule has 1 aliphatic rings. The predicted molar refractivity (Wildman–Crippen MR) is 71.2 cm³/mol. The largest absolute Gasteiger partial charge is 0.480 e. The van der Waals surface area contributed by atoms with Crippen molar-refractivity contribution < 1.29 is 24.2 Å². The van der Waals surface area contributed by atoms with Gasteiger partial charge >= 0.3 is 12.0 Å². The SMILES string of the molecule is CC1CCC(N(C)C(=O)NC(=O)COCC(=O)O)CC1. The summed E-state index contributed by atoms with van der Waals surface area (Å²) in [5.41, 5.74) is 0. The lowest BCUT2D eigenvalue weighted by molar-refractivity contribution is -0.143. The van der Waals surface area contributed by atoms with Crippen LogP contribution in [0.3, 0.4) is 0 Å². The lowest BCUT2D eigenvalue weighted by atomic mass is 9.87. The van der Waals surface area contributed by atoms with Gasteiger partial charge in [-0.2, -0.15) is 0 Å². The summed E-state index contributed by atoms with van der Waals surface area (Å²) < 4.78 is 4.61. The Morgan fingerprint density at radius 2 is 1.80 bits per heavy atom. The highest BCUT2D eigenvalue weighted by atomic mass is 16.5. The average Bonchev–Trinajstić information content (AvgIpc) is 2.38. The second-order valence-electron chi connectivity index (χ2n) is 5.26. The van der Waals surface area contributed by atoms with Gasteiger partial charge in [0.15, 0.2) is 0 Å². The number of urea groups is 1. The molecular weight excluding hydrogens is 264 g/mol. The first-order valence-corrected chi connectivity index (χ1v) is 6.76.